The van der Waals surface area contributed by atoms with Gasteiger partial charge in [0, 0.05) is 12.8 Å². The van der Waals surface area contributed by atoms with E-state index >= 15 is 0 Å². The fourth-order valence-electron chi connectivity index (χ4n) is 3.65. The summed E-state index contributed by atoms with van der Waals surface area (Å²) in [4.78, 5) is 31.6. The Morgan fingerprint density at radius 3 is 2.25 bits per heavy atom. The van der Waals surface area contributed by atoms with E-state index in [1.54, 1.807) is 19.1 Å². The third kappa shape index (κ3) is 4.34. The van der Waals surface area contributed by atoms with Crippen LogP contribution in [0.4, 0.5) is 5.82 Å². The minimum Gasteiger partial charge on any atom is -0.493 e. The lowest BCUT2D eigenvalue weighted by Crippen LogP contribution is -2.31. The van der Waals surface area contributed by atoms with Gasteiger partial charge in [0.1, 0.15) is 12.4 Å². The van der Waals surface area contributed by atoms with Crippen LogP contribution in [0.15, 0.2) is 28.2 Å². The summed E-state index contributed by atoms with van der Waals surface area (Å²) in [6.45, 7) is 2.03. The molecule has 0 spiro atoms. The smallest absolute Gasteiger partial charge is 0.336 e. The Morgan fingerprint density at radius 1 is 1.03 bits per heavy atom. The maximum Gasteiger partial charge on any atom is 0.336 e. The zero-order valence-corrected chi connectivity index (χ0v) is 19.2. The van der Waals surface area contributed by atoms with Crippen LogP contribution in [-0.4, -0.2) is 57.6 Å². The molecular weight excluding hydrogens is 438 g/mol. The number of methoxy groups -OCH3 is 4. The molecule has 0 radical (unpaired) electrons. The first-order chi connectivity index (χ1) is 15.4. The largest absolute Gasteiger partial charge is 0.493 e. The van der Waals surface area contributed by atoms with Crippen LogP contribution in [0.5, 0.6) is 17.2 Å². The summed E-state index contributed by atoms with van der Waals surface area (Å²) in [6, 6.07) is 3.38. The molecule has 32 heavy (non-hydrogen) atoms. The number of H-pyrrole nitrogens is 2. The van der Waals surface area contributed by atoms with Gasteiger partial charge < -0.3 is 34.0 Å². The highest BCUT2D eigenvalue weighted by Crippen LogP contribution is 2.45. The van der Waals surface area contributed by atoms with Crippen molar-refractivity contribution < 1.29 is 28.5 Å². The molecule has 0 saturated heterocycles. The molecule has 1 aliphatic rings. The Balaban J connectivity index is 2.27. The zero-order chi connectivity index (χ0) is 23.4. The maximum atomic E-state index is 13.1. The molecule has 1 aliphatic heterocycles. The SMILES string of the molecule is COCCOC(=O)C1=C(C)Nc2[nH]c(=S)[nH]c(=O)c2C1c1cc(OC)c(OC)c(OC)c1. The normalized spacial score (nSPS) is 15.0. The molecule has 0 amide bonds. The van der Waals surface area contributed by atoms with Gasteiger partial charge in [0.05, 0.1) is 45.0 Å². The molecule has 10 nitrogen and oxygen atoms in total. The van der Waals surface area contributed by atoms with Gasteiger partial charge in [0.2, 0.25) is 5.75 Å². The number of fused-ring (bicyclic) bond motifs is 1. The Kier molecular flexibility index (Phi) is 7.21. The molecule has 1 atom stereocenters. The van der Waals surface area contributed by atoms with Gasteiger partial charge in [-0.3, -0.25) is 9.78 Å². The number of allylic oxidation sites excluding steroid dienone is 1. The first-order valence-corrected chi connectivity index (χ1v) is 10.1. The molecule has 2 aromatic rings. The standard InChI is InChI=1S/C21H25N3O7S/c1-10-14(20(26)31-7-6-27-2)15(16-18(22-10)23-21(32)24-19(16)25)11-8-12(28-3)17(30-5)13(9-11)29-4/h8-9,15H,6-7H2,1-5H3,(H3,22,23,24,25,32). The molecule has 1 unspecified atom stereocenters. The fourth-order valence-corrected chi connectivity index (χ4v) is 3.85. The van der Waals surface area contributed by atoms with E-state index in [4.69, 9.17) is 35.9 Å². The van der Waals surface area contributed by atoms with Crippen LogP contribution in [0.3, 0.4) is 0 Å². The van der Waals surface area contributed by atoms with E-state index in [0.29, 0.717) is 34.3 Å². The number of rotatable bonds is 8. The summed E-state index contributed by atoms with van der Waals surface area (Å²) >= 11 is 5.11. The first kappa shape index (κ1) is 23.4. The minimum atomic E-state index is -0.800. The second-order valence-corrected chi connectivity index (χ2v) is 7.29. The summed E-state index contributed by atoms with van der Waals surface area (Å²) in [5.74, 6) is 0.158. The van der Waals surface area contributed by atoms with Crippen molar-refractivity contribution >= 4 is 24.0 Å². The number of aromatic amines is 2. The molecule has 0 fully saturated rings. The minimum absolute atomic E-state index is 0.0640. The Morgan fingerprint density at radius 2 is 1.69 bits per heavy atom. The third-order valence-corrected chi connectivity index (χ3v) is 5.24. The van der Waals surface area contributed by atoms with Crippen LogP contribution in [0.25, 0.3) is 0 Å². The van der Waals surface area contributed by atoms with Gasteiger partial charge in [-0.15, -0.1) is 0 Å². The monoisotopic (exact) mass is 463 g/mol. The van der Waals surface area contributed by atoms with Crippen LogP contribution in [0.1, 0.15) is 24.0 Å². The highest BCUT2D eigenvalue weighted by Gasteiger charge is 2.37. The van der Waals surface area contributed by atoms with Crippen molar-refractivity contribution in [3.8, 4) is 17.2 Å². The van der Waals surface area contributed by atoms with Gasteiger partial charge in [0.25, 0.3) is 5.56 Å². The molecule has 0 aliphatic carbocycles. The summed E-state index contributed by atoms with van der Waals surface area (Å²) < 4.78 is 26.9. The molecule has 172 valence electrons. The van der Waals surface area contributed by atoms with Crippen molar-refractivity contribution in [3.63, 3.8) is 0 Å². The van der Waals surface area contributed by atoms with Crippen molar-refractivity contribution in [1.29, 1.82) is 0 Å². The lowest BCUT2D eigenvalue weighted by Gasteiger charge is -2.29. The maximum absolute atomic E-state index is 13.1. The zero-order valence-electron chi connectivity index (χ0n) is 18.4. The van der Waals surface area contributed by atoms with Gasteiger partial charge >= 0.3 is 5.97 Å². The molecule has 0 saturated carbocycles. The molecule has 1 aromatic carbocycles. The molecule has 3 rings (SSSR count). The van der Waals surface area contributed by atoms with E-state index in [1.807, 2.05) is 0 Å². The van der Waals surface area contributed by atoms with Crippen LogP contribution in [-0.2, 0) is 14.3 Å². The van der Waals surface area contributed by atoms with Crippen molar-refractivity contribution in [2.45, 2.75) is 12.8 Å². The number of carbonyl (C=O) groups excluding carboxylic acids is 1. The second-order valence-electron chi connectivity index (χ2n) is 6.88. The highest BCUT2D eigenvalue weighted by atomic mass is 32.1. The number of nitrogens with one attached hydrogen (secondary N) is 3. The lowest BCUT2D eigenvalue weighted by molar-refractivity contribution is -0.140. The molecule has 11 heteroatoms. The topological polar surface area (TPSA) is 124 Å². The van der Waals surface area contributed by atoms with Gasteiger partial charge in [-0.25, -0.2) is 4.79 Å². The van der Waals surface area contributed by atoms with E-state index in [0.717, 1.165) is 0 Å². The third-order valence-electron chi connectivity index (χ3n) is 5.03. The van der Waals surface area contributed by atoms with E-state index < -0.39 is 17.4 Å². The predicted octanol–water partition coefficient (Wildman–Crippen LogP) is 2.48. The second kappa shape index (κ2) is 9.88. The number of esters is 1. The van der Waals surface area contributed by atoms with E-state index in [1.165, 1.54) is 28.4 Å². The lowest BCUT2D eigenvalue weighted by atomic mass is 9.82. The molecule has 0 bridgehead atoms. The van der Waals surface area contributed by atoms with Crippen LogP contribution in [0, 0.1) is 4.77 Å². The Labute approximate surface area is 189 Å². The number of carbonyl (C=O) groups is 1. The van der Waals surface area contributed by atoms with Gasteiger partial charge in [-0.2, -0.15) is 0 Å². The van der Waals surface area contributed by atoms with Crippen molar-refractivity contribution in [3.05, 3.63) is 49.7 Å². The Hall–Kier alpha value is -3.31. The molecule has 2 heterocycles. The van der Waals surface area contributed by atoms with E-state index in [2.05, 4.69) is 15.3 Å². The van der Waals surface area contributed by atoms with Crippen molar-refractivity contribution in [2.24, 2.45) is 0 Å². The van der Waals surface area contributed by atoms with Crippen molar-refractivity contribution in [2.75, 3.05) is 47.0 Å². The van der Waals surface area contributed by atoms with Gasteiger partial charge in [0.15, 0.2) is 16.3 Å². The van der Waals surface area contributed by atoms with Crippen LogP contribution < -0.4 is 25.1 Å². The summed E-state index contributed by atoms with van der Waals surface area (Å²) in [5.41, 5.74) is 1.17. The number of hydrogen-bond donors (Lipinski definition) is 3. The van der Waals surface area contributed by atoms with E-state index in [9.17, 15) is 9.59 Å². The predicted molar refractivity (Wildman–Crippen MR) is 119 cm³/mol. The van der Waals surface area contributed by atoms with E-state index in [-0.39, 0.29) is 29.1 Å². The number of ether oxygens (including phenoxy) is 5. The average molecular weight is 464 g/mol. The van der Waals surface area contributed by atoms with Crippen LogP contribution >= 0.6 is 12.2 Å². The summed E-state index contributed by atoms with van der Waals surface area (Å²) in [5, 5.41) is 3.06. The van der Waals surface area contributed by atoms with Crippen molar-refractivity contribution in [1.82, 2.24) is 9.97 Å². The number of aromatic nitrogens is 2. The van der Waals surface area contributed by atoms with Crippen LogP contribution in [0.2, 0.25) is 0 Å². The van der Waals surface area contributed by atoms with Gasteiger partial charge in [-0.1, -0.05) is 0 Å². The molecule has 1 aromatic heterocycles. The molecular formula is C21H25N3O7S. The summed E-state index contributed by atoms with van der Waals surface area (Å²) in [6.07, 6.45) is 0. The highest BCUT2D eigenvalue weighted by molar-refractivity contribution is 7.71. The average Bonchev–Trinajstić information content (AvgIpc) is 2.76. The summed E-state index contributed by atoms with van der Waals surface area (Å²) in [7, 11) is 5.98. The number of benzene rings is 1. The number of anilines is 1. The number of hydrogen-bond acceptors (Lipinski definition) is 9. The fraction of sp³-hybridized carbons (Fsp3) is 0.381. The van der Waals surface area contributed by atoms with Gasteiger partial charge in [-0.05, 0) is 36.8 Å². The molecule has 3 N–H and O–H groups in total. The first-order valence-electron chi connectivity index (χ1n) is 9.66. The quantitative estimate of drug-likeness (QED) is 0.308. The Bertz CT molecular complexity index is 1140.